The van der Waals surface area contributed by atoms with E-state index >= 15 is 0 Å². The van der Waals surface area contributed by atoms with Crippen LogP contribution in [0.15, 0.2) is 53.5 Å². The van der Waals surface area contributed by atoms with E-state index in [0.29, 0.717) is 16.1 Å². The van der Waals surface area contributed by atoms with Crippen molar-refractivity contribution in [3.8, 4) is 0 Å². The van der Waals surface area contributed by atoms with Crippen molar-refractivity contribution in [1.29, 1.82) is 0 Å². The molecule has 10 nitrogen and oxygen atoms in total. The third kappa shape index (κ3) is 5.45. The van der Waals surface area contributed by atoms with Gasteiger partial charge in [0.1, 0.15) is 35.9 Å². The summed E-state index contributed by atoms with van der Waals surface area (Å²) in [5, 5.41) is 15.1. The van der Waals surface area contributed by atoms with Crippen LogP contribution < -0.4 is 16.4 Å². The van der Waals surface area contributed by atoms with Gasteiger partial charge in [-0.2, -0.15) is 0 Å². The number of fused-ring (bicyclic) bond motifs is 1. The van der Waals surface area contributed by atoms with Crippen LogP contribution in [0.5, 0.6) is 0 Å². The number of benzene rings is 2. The molecule has 2 heterocycles. The zero-order chi connectivity index (χ0) is 27.8. The smallest absolute Gasteiger partial charge is 0.327 e. The zero-order valence-corrected chi connectivity index (χ0v) is 22.7. The normalized spacial score (nSPS) is 22.7. The Kier molecular flexibility index (Phi) is 7.91. The molecule has 2 aromatic rings. The van der Waals surface area contributed by atoms with Crippen LogP contribution in [-0.2, 0) is 19.2 Å². The van der Waals surface area contributed by atoms with Crippen molar-refractivity contribution in [2.75, 3.05) is 6.54 Å². The van der Waals surface area contributed by atoms with Gasteiger partial charge >= 0.3 is 5.97 Å². The van der Waals surface area contributed by atoms with Crippen LogP contribution in [0, 0.1) is 0 Å². The Bertz CT molecular complexity index is 1320. The fraction of sp³-hybridized carbons (Fsp3) is 0.320. The molecule has 2 unspecified atom stereocenters. The number of thioether (sulfide) groups is 1. The second-order valence-corrected chi connectivity index (χ2v) is 11.9. The van der Waals surface area contributed by atoms with Gasteiger partial charge in [-0.3, -0.25) is 19.4 Å². The van der Waals surface area contributed by atoms with Crippen molar-refractivity contribution in [1.82, 2.24) is 15.5 Å². The number of carboxylic acid groups (broad SMARTS) is 1. The molecule has 0 saturated carbocycles. The molecule has 13 heteroatoms. The maximum atomic E-state index is 13.3. The first-order valence-corrected chi connectivity index (χ1v) is 13.2. The molecule has 200 valence electrons. The van der Waals surface area contributed by atoms with Crippen molar-refractivity contribution < 1.29 is 24.3 Å². The number of nitrogens with two attached hydrogens (primary N) is 1. The molecule has 38 heavy (non-hydrogen) atoms. The molecule has 2 aliphatic rings. The standard InChI is InChI=1S/C25H25Cl2N5O5S/c1-25(2)19(24(36)37)32-22(35)18(23(32)38-25)31-21(34)17(12-6-4-3-5-7-12)30-16(33)11-29-20(28)13-8-9-14(26)15(27)10-13/h3-10,17-19,23H,11H2,1-2H3,(H2,28,29)(H,30,33)(H,31,34)(H,36,37)/t17?,18?,19-,23+/m0/s1. The van der Waals surface area contributed by atoms with E-state index in [0.717, 1.165) is 0 Å². The maximum absolute atomic E-state index is 13.3. The molecule has 5 N–H and O–H groups in total. The van der Waals surface area contributed by atoms with E-state index in [9.17, 15) is 24.3 Å². The van der Waals surface area contributed by atoms with E-state index in [1.54, 1.807) is 56.3 Å². The highest BCUT2D eigenvalue weighted by Crippen LogP contribution is 2.50. The molecule has 4 atom stereocenters. The van der Waals surface area contributed by atoms with Crippen LogP contribution in [0.25, 0.3) is 0 Å². The summed E-state index contributed by atoms with van der Waals surface area (Å²) in [4.78, 5) is 56.0. The Morgan fingerprint density at radius 2 is 1.84 bits per heavy atom. The van der Waals surface area contributed by atoms with E-state index in [1.807, 2.05) is 0 Å². The summed E-state index contributed by atoms with van der Waals surface area (Å²) in [5.41, 5.74) is 6.95. The van der Waals surface area contributed by atoms with E-state index in [2.05, 4.69) is 15.6 Å². The number of nitrogens with one attached hydrogen (secondary N) is 2. The number of rotatable bonds is 8. The van der Waals surface area contributed by atoms with Gasteiger partial charge in [0.25, 0.3) is 0 Å². The number of nitrogens with zero attached hydrogens (tertiary/aromatic N) is 2. The maximum Gasteiger partial charge on any atom is 0.327 e. The molecule has 0 bridgehead atoms. The van der Waals surface area contributed by atoms with Crippen LogP contribution in [0.2, 0.25) is 10.0 Å². The number of carboxylic acids is 1. The second-order valence-electron chi connectivity index (χ2n) is 9.33. The number of hydrogen-bond donors (Lipinski definition) is 4. The minimum absolute atomic E-state index is 0.0634. The van der Waals surface area contributed by atoms with E-state index in [-0.39, 0.29) is 17.4 Å². The fourth-order valence-corrected chi connectivity index (χ4v) is 6.36. The number of aliphatic carboxylic acids is 1. The minimum atomic E-state index is -1.12. The van der Waals surface area contributed by atoms with Gasteiger partial charge in [-0.05, 0) is 37.6 Å². The molecule has 2 fully saturated rings. The Morgan fingerprint density at radius 3 is 2.47 bits per heavy atom. The largest absolute Gasteiger partial charge is 0.480 e. The number of amidine groups is 1. The van der Waals surface area contributed by atoms with Gasteiger partial charge in [0.05, 0.1) is 10.0 Å². The Hall–Kier alpha value is -3.28. The van der Waals surface area contributed by atoms with Crippen LogP contribution in [-0.4, -0.2) is 68.3 Å². The van der Waals surface area contributed by atoms with Crippen LogP contribution in [0.4, 0.5) is 0 Å². The lowest BCUT2D eigenvalue weighted by Gasteiger charge is -2.44. The van der Waals surface area contributed by atoms with E-state index < -0.39 is 51.9 Å². The van der Waals surface area contributed by atoms with Crippen molar-refractivity contribution >= 4 is 64.5 Å². The third-order valence-electron chi connectivity index (χ3n) is 6.28. The average Bonchev–Trinajstić information content (AvgIpc) is 3.14. The summed E-state index contributed by atoms with van der Waals surface area (Å²) in [6, 6.07) is 10.2. The summed E-state index contributed by atoms with van der Waals surface area (Å²) in [6.07, 6.45) is 0. The topological polar surface area (TPSA) is 154 Å². The predicted molar refractivity (Wildman–Crippen MR) is 145 cm³/mol. The van der Waals surface area contributed by atoms with Crippen molar-refractivity contribution in [2.45, 2.75) is 42.1 Å². The van der Waals surface area contributed by atoms with Gasteiger partial charge in [0.2, 0.25) is 17.7 Å². The Balaban J connectivity index is 1.46. The minimum Gasteiger partial charge on any atom is -0.480 e. The fourth-order valence-electron chi connectivity index (χ4n) is 4.44. The van der Waals surface area contributed by atoms with Gasteiger partial charge < -0.3 is 26.4 Å². The molecule has 0 aromatic heterocycles. The van der Waals surface area contributed by atoms with Crippen LogP contribution in [0.1, 0.15) is 31.0 Å². The molecular weight excluding hydrogens is 553 g/mol. The first-order chi connectivity index (χ1) is 17.9. The summed E-state index contributed by atoms with van der Waals surface area (Å²) >= 11 is 13.2. The van der Waals surface area contributed by atoms with Crippen LogP contribution >= 0.6 is 35.0 Å². The molecule has 0 radical (unpaired) electrons. The Labute approximate surface area is 232 Å². The summed E-state index contributed by atoms with van der Waals surface area (Å²) < 4.78 is -0.731. The number of amides is 3. The second kappa shape index (κ2) is 10.8. The number of hydrogen-bond acceptors (Lipinski definition) is 6. The predicted octanol–water partition coefficient (Wildman–Crippen LogP) is 2.19. The number of aliphatic imine (C=N–C) groups is 1. The van der Waals surface area contributed by atoms with Crippen molar-refractivity contribution in [3.63, 3.8) is 0 Å². The van der Waals surface area contributed by atoms with Gasteiger partial charge in [-0.1, -0.05) is 53.5 Å². The third-order valence-corrected chi connectivity index (χ3v) is 8.59. The molecule has 0 spiro atoms. The quantitative estimate of drug-likeness (QED) is 0.213. The molecule has 2 aromatic carbocycles. The number of β-lactam (4-membered cyclic amide) rings is 1. The van der Waals surface area contributed by atoms with E-state index in [1.165, 1.54) is 22.7 Å². The molecule has 3 amide bonds. The van der Waals surface area contributed by atoms with Gasteiger partial charge in [-0.25, -0.2) is 4.79 Å². The molecule has 2 saturated heterocycles. The molecular formula is C25H25Cl2N5O5S. The van der Waals surface area contributed by atoms with Gasteiger partial charge in [-0.15, -0.1) is 11.8 Å². The average molecular weight is 578 g/mol. The number of carbonyl (C=O) groups excluding carboxylic acids is 3. The highest BCUT2D eigenvalue weighted by atomic mass is 35.5. The lowest BCUT2D eigenvalue weighted by molar-refractivity contribution is -0.161. The Morgan fingerprint density at radius 1 is 1.16 bits per heavy atom. The van der Waals surface area contributed by atoms with Crippen LogP contribution in [0.3, 0.4) is 0 Å². The summed E-state index contributed by atoms with van der Waals surface area (Å²) in [6.45, 7) is 3.13. The first kappa shape index (κ1) is 27.7. The first-order valence-electron chi connectivity index (χ1n) is 11.5. The highest BCUT2D eigenvalue weighted by molar-refractivity contribution is 8.01. The molecule has 0 aliphatic carbocycles. The SMILES string of the molecule is CC1(C)S[C@@H]2C(NC(=O)C(NC(=O)CN=C(N)c3ccc(Cl)c(Cl)c3)c3ccccc3)C(=O)N2[C@H]1C(=O)O. The molecule has 2 aliphatic heterocycles. The zero-order valence-electron chi connectivity index (χ0n) is 20.4. The van der Waals surface area contributed by atoms with Crippen molar-refractivity contribution in [2.24, 2.45) is 10.7 Å². The lowest BCUT2D eigenvalue weighted by atomic mass is 9.95. The van der Waals surface area contributed by atoms with Gasteiger partial charge in [0.15, 0.2) is 0 Å². The van der Waals surface area contributed by atoms with E-state index in [4.69, 9.17) is 28.9 Å². The number of carbonyl (C=O) groups is 4. The molecule has 4 rings (SSSR count). The summed E-state index contributed by atoms with van der Waals surface area (Å²) in [5.74, 6) is -2.71. The lowest BCUT2D eigenvalue weighted by Crippen LogP contribution is -2.71. The van der Waals surface area contributed by atoms with Gasteiger partial charge in [0, 0.05) is 10.3 Å². The monoisotopic (exact) mass is 577 g/mol. The highest BCUT2D eigenvalue weighted by Gasteiger charge is 2.64. The summed E-state index contributed by atoms with van der Waals surface area (Å²) in [7, 11) is 0. The van der Waals surface area contributed by atoms with Crippen molar-refractivity contribution in [3.05, 3.63) is 69.7 Å². The number of halogens is 2.